The topological polar surface area (TPSA) is 26.3 Å². The molecule has 1 rings (SSSR count). The second-order valence-electron chi connectivity index (χ2n) is 3.64. The molecule has 1 atom stereocenters. The minimum absolute atomic E-state index is 0.112. The zero-order valence-electron chi connectivity index (χ0n) is 9.70. The minimum Gasteiger partial charge on any atom is -0.469 e. The van der Waals surface area contributed by atoms with Crippen molar-refractivity contribution in [3.63, 3.8) is 0 Å². The molecular formula is C12H14BrFO2S. The van der Waals surface area contributed by atoms with Gasteiger partial charge in [0.2, 0.25) is 0 Å². The number of esters is 1. The van der Waals surface area contributed by atoms with E-state index < -0.39 is 0 Å². The zero-order chi connectivity index (χ0) is 12.8. The molecule has 1 unspecified atom stereocenters. The van der Waals surface area contributed by atoms with Crippen LogP contribution in [-0.2, 0) is 15.3 Å². The number of hydrogen-bond acceptors (Lipinski definition) is 3. The third-order valence-electron chi connectivity index (χ3n) is 2.21. The maximum Gasteiger partial charge on any atom is 0.306 e. The molecule has 0 spiro atoms. The average molecular weight is 321 g/mol. The number of carbonyl (C=O) groups excluding carboxylic acids is 1. The lowest BCUT2D eigenvalue weighted by Gasteiger charge is -2.10. The normalized spacial score (nSPS) is 12.2. The molecule has 0 amide bonds. The first kappa shape index (κ1) is 14.5. The number of rotatable bonds is 5. The summed E-state index contributed by atoms with van der Waals surface area (Å²) in [6, 6.07) is 4.86. The molecule has 0 aliphatic carbocycles. The van der Waals surface area contributed by atoms with Gasteiger partial charge in [-0.05, 0) is 23.8 Å². The maximum atomic E-state index is 13.4. The largest absolute Gasteiger partial charge is 0.469 e. The smallest absolute Gasteiger partial charge is 0.306 e. The Hall–Kier alpha value is -0.550. The van der Waals surface area contributed by atoms with E-state index in [-0.39, 0.29) is 17.0 Å². The summed E-state index contributed by atoms with van der Waals surface area (Å²) >= 11 is 4.84. The molecule has 2 nitrogen and oxygen atoms in total. The molecule has 0 N–H and O–H groups in total. The van der Waals surface area contributed by atoms with Gasteiger partial charge in [0, 0.05) is 15.5 Å². The SMILES string of the molecule is COC(=O)CC(C)SCc1cc(Br)ccc1F. The van der Waals surface area contributed by atoms with Gasteiger partial charge in [-0.1, -0.05) is 22.9 Å². The Balaban J connectivity index is 2.49. The van der Waals surface area contributed by atoms with Gasteiger partial charge in [-0.25, -0.2) is 4.39 Å². The molecule has 1 aromatic rings. The number of thioether (sulfide) groups is 1. The van der Waals surface area contributed by atoms with Crippen LogP contribution in [0, 0.1) is 5.82 Å². The highest BCUT2D eigenvalue weighted by Crippen LogP contribution is 2.24. The van der Waals surface area contributed by atoms with E-state index in [1.165, 1.54) is 24.9 Å². The fourth-order valence-electron chi connectivity index (χ4n) is 1.26. The highest BCUT2D eigenvalue weighted by atomic mass is 79.9. The summed E-state index contributed by atoms with van der Waals surface area (Å²) in [4.78, 5) is 11.0. The number of ether oxygens (including phenoxy) is 1. The first-order chi connectivity index (χ1) is 8.02. The van der Waals surface area contributed by atoms with Crippen molar-refractivity contribution in [2.24, 2.45) is 0 Å². The van der Waals surface area contributed by atoms with E-state index in [0.29, 0.717) is 17.7 Å². The van der Waals surface area contributed by atoms with E-state index in [1.54, 1.807) is 12.1 Å². The second-order valence-corrected chi connectivity index (χ2v) is 5.98. The third kappa shape index (κ3) is 5.08. The highest BCUT2D eigenvalue weighted by Gasteiger charge is 2.11. The lowest BCUT2D eigenvalue weighted by molar-refractivity contribution is -0.140. The van der Waals surface area contributed by atoms with Crippen molar-refractivity contribution in [3.05, 3.63) is 34.1 Å². The van der Waals surface area contributed by atoms with Gasteiger partial charge in [-0.15, -0.1) is 0 Å². The summed E-state index contributed by atoms with van der Waals surface area (Å²) in [6.45, 7) is 1.93. The molecule has 0 radical (unpaired) electrons. The van der Waals surface area contributed by atoms with E-state index in [2.05, 4.69) is 20.7 Å². The van der Waals surface area contributed by atoms with Gasteiger partial charge in [-0.3, -0.25) is 4.79 Å². The zero-order valence-corrected chi connectivity index (χ0v) is 12.1. The first-order valence-corrected chi connectivity index (χ1v) is 6.99. The van der Waals surface area contributed by atoms with E-state index in [0.717, 1.165) is 4.47 Å². The highest BCUT2D eigenvalue weighted by molar-refractivity contribution is 9.10. The van der Waals surface area contributed by atoms with Crippen LogP contribution in [0.25, 0.3) is 0 Å². The van der Waals surface area contributed by atoms with E-state index >= 15 is 0 Å². The van der Waals surface area contributed by atoms with Crippen LogP contribution in [-0.4, -0.2) is 18.3 Å². The van der Waals surface area contributed by atoms with Gasteiger partial charge in [0.15, 0.2) is 0 Å². The molecule has 0 saturated carbocycles. The Labute approximate surface area is 113 Å². The van der Waals surface area contributed by atoms with Crippen molar-refractivity contribution in [1.29, 1.82) is 0 Å². The molecule has 1 aromatic carbocycles. The summed E-state index contributed by atoms with van der Waals surface area (Å²) in [6.07, 6.45) is 0.344. The Morgan fingerprint density at radius 1 is 1.59 bits per heavy atom. The van der Waals surface area contributed by atoms with Crippen molar-refractivity contribution >= 4 is 33.7 Å². The molecule has 94 valence electrons. The van der Waals surface area contributed by atoms with Gasteiger partial charge in [0.05, 0.1) is 13.5 Å². The maximum absolute atomic E-state index is 13.4. The van der Waals surface area contributed by atoms with Crippen LogP contribution in [0.2, 0.25) is 0 Å². The second kappa shape index (κ2) is 7.01. The van der Waals surface area contributed by atoms with Gasteiger partial charge >= 0.3 is 5.97 Å². The number of hydrogen-bond donors (Lipinski definition) is 0. The van der Waals surface area contributed by atoms with Gasteiger partial charge < -0.3 is 4.74 Å². The summed E-state index contributed by atoms with van der Waals surface area (Å²) < 4.78 is 18.9. The lowest BCUT2D eigenvalue weighted by Crippen LogP contribution is -2.08. The Kier molecular flexibility index (Phi) is 5.98. The van der Waals surface area contributed by atoms with Crippen molar-refractivity contribution in [1.82, 2.24) is 0 Å². The molecule has 0 aromatic heterocycles. The molecule has 17 heavy (non-hydrogen) atoms. The van der Waals surface area contributed by atoms with Crippen LogP contribution < -0.4 is 0 Å². The molecule has 0 aliphatic rings. The molecule has 5 heteroatoms. The van der Waals surface area contributed by atoms with Crippen molar-refractivity contribution in [2.75, 3.05) is 7.11 Å². The number of benzene rings is 1. The summed E-state index contributed by atoms with van der Waals surface area (Å²) in [5.41, 5.74) is 0.640. The number of halogens is 2. The van der Waals surface area contributed by atoms with Gasteiger partial charge in [-0.2, -0.15) is 11.8 Å². The summed E-state index contributed by atoms with van der Waals surface area (Å²) in [7, 11) is 1.37. The Morgan fingerprint density at radius 3 is 2.94 bits per heavy atom. The monoisotopic (exact) mass is 320 g/mol. The summed E-state index contributed by atoms with van der Waals surface area (Å²) in [5.74, 6) is 0.0920. The average Bonchev–Trinajstić information content (AvgIpc) is 2.30. The molecule has 0 fully saturated rings. The van der Waals surface area contributed by atoms with Crippen LogP contribution in [0.4, 0.5) is 4.39 Å². The fourth-order valence-corrected chi connectivity index (χ4v) is 2.61. The van der Waals surface area contributed by atoms with E-state index in [1.807, 2.05) is 6.92 Å². The first-order valence-electron chi connectivity index (χ1n) is 5.15. The number of methoxy groups -OCH3 is 1. The van der Waals surface area contributed by atoms with Crippen molar-refractivity contribution < 1.29 is 13.9 Å². The molecule has 0 heterocycles. The lowest BCUT2D eigenvalue weighted by atomic mass is 10.2. The standard InChI is InChI=1S/C12H14BrFO2S/c1-8(5-12(15)16-2)17-7-9-6-10(13)3-4-11(9)14/h3-4,6,8H,5,7H2,1-2H3. The predicted octanol–water partition coefficient (Wildman–Crippen LogP) is 3.77. The molecular weight excluding hydrogens is 307 g/mol. The van der Waals surface area contributed by atoms with Gasteiger partial charge in [0.25, 0.3) is 0 Å². The Morgan fingerprint density at radius 2 is 2.29 bits per heavy atom. The molecule has 0 bridgehead atoms. The van der Waals surface area contributed by atoms with Crippen LogP contribution in [0.1, 0.15) is 18.9 Å². The predicted molar refractivity (Wildman–Crippen MR) is 71.5 cm³/mol. The van der Waals surface area contributed by atoms with E-state index in [4.69, 9.17) is 0 Å². The van der Waals surface area contributed by atoms with Crippen molar-refractivity contribution in [3.8, 4) is 0 Å². The third-order valence-corrected chi connectivity index (χ3v) is 3.92. The number of carbonyl (C=O) groups is 1. The molecule has 0 aliphatic heterocycles. The van der Waals surface area contributed by atoms with E-state index in [9.17, 15) is 9.18 Å². The van der Waals surface area contributed by atoms with Crippen LogP contribution in [0.3, 0.4) is 0 Å². The quantitative estimate of drug-likeness (QED) is 0.772. The van der Waals surface area contributed by atoms with Gasteiger partial charge in [0.1, 0.15) is 5.82 Å². The van der Waals surface area contributed by atoms with Crippen LogP contribution >= 0.6 is 27.7 Å². The summed E-state index contributed by atoms with van der Waals surface area (Å²) in [5, 5.41) is 0.112. The molecule has 0 saturated heterocycles. The fraction of sp³-hybridized carbons (Fsp3) is 0.417. The van der Waals surface area contributed by atoms with Crippen LogP contribution in [0.5, 0.6) is 0 Å². The minimum atomic E-state index is -0.236. The van der Waals surface area contributed by atoms with Crippen LogP contribution in [0.15, 0.2) is 22.7 Å². The Bertz CT molecular complexity index is 398. The van der Waals surface area contributed by atoms with Crippen molar-refractivity contribution in [2.45, 2.75) is 24.3 Å².